The highest BCUT2D eigenvalue weighted by Crippen LogP contribution is 2.21. The number of benzene rings is 1. The van der Waals surface area contributed by atoms with Crippen molar-refractivity contribution >= 4 is 41.3 Å². The number of nitrogens with zero attached hydrogens (tertiary/aromatic N) is 2. The van der Waals surface area contributed by atoms with Crippen molar-refractivity contribution in [2.24, 2.45) is 4.99 Å². The predicted molar refractivity (Wildman–Crippen MR) is 112 cm³/mol. The van der Waals surface area contributed by atoms with E-state index in [9.17, 15) is 4.39 Å². The molecule has 138 valence electrons. The maximum Gasteiger partial charge on any atom is 0.191 e. The van der Waals surface area contributed by atoms with E-state index in [1.807, 2.05) is 26.8 Å². The molecule has 0 saturated carbocycles. The molecule has 25 heavy (non-hydrogen) atoms. The number of ether oxygens (including phenoxy) is 1. The topological polar surface area (TPSA) is 58.5 Å². The smallest absolute Gasteiger partial charge is 0.191 e. The molecule has 0 bridgehead atoms. The van der Waals surface area contributed by atoms with Gasteiger partial charge in [-0.1, -0.05) is 6.07 Å². The van der Waals surface area contributed by atoms with E-state index in [4.69, 9.17) is 4.74 Å². The summed E-state index contributed by atoms with van der Waals surface area (Å²) in [5.41, 5.74) is 1.85. The molecule has 2 rings (SSSR count). The van der Waals surface area contributed by atoms with E-state index < -0.39 is 0 Å². The maximum absolute atomic E-state index is 13.8. The number of methoxy groups -OCH3 is 1. The van der Waals surface area contributed by atoms with Crippen LogP contribution in [-0.2, 0) is 6.54 Å². The molecule has 1 unspecified atom stereocenters. The van der Waals surface area contributed by atoms with Crippen LogP contribution in [0.1, 0.15) is 34.1 Å². The van der Waals surface area contributed by atoms with Gasteiger partial charge in [-0.2, -0.15) is 0 Å². The van der Waals surface area contributed by atoms with Gasteiger partial charge in [0.05, 0.1) is 30.4 Å². The molecule has 5 nitrogen and oxygen atoms in total. The molecule has 0 aliphatic carbocycles. The maximum atomic E-state index is 13.8. The summed E-state index contributed by atoms with van der Waals surface area (Å²) in [4.78, 5) is 9.81. The molecule has 0 aliphatic rings. The minimum absolute atomic E-state index is 0. The highest BCUT2D eigenvalue weighted by molar-refractivity contribution is 14.0. The van der Waals surface area contributed by atoms with Crippen molar-refractivity contribution in [3.63, 3.8) is 0 Å². The van der Waals surface area contributed by atoms with Crippen LogP contribution in [0.5, 0.6) is 5.75 Å². The van der Waals surface area contributed by atoms with Gasteiger partial charge in [-0.15, -0.1) is 35.3 Å². The molecule has 0 spiro atoms. The van der Waals surface area contributed by atoms with Gasteiger partial charge in [0.25, 0.3) is 0 Å². The largest absolute Gasteiger partial charge is 0.494 e. The second-order valence-electron chi connectivity index (χ2n) is 5.43. The van der Waals surface area contributed by atoms with E-state index >= 15 is 0 Å². The average Bonchev–Trinajstić information content (AvgIpc) is 2.88. The van der Waals surface area contributed by atoms with Crippen LogP contribution in [-0.4, -0.2) is 25.1 Å². The highest BCUT2D eigenvalue weighted by atomic mass is 127. The number of hydrogen-bond donors (Lipinski definition) is 2. The van der Waals surface area contributed by atoms with Gasteiger partial charge in [-0.25, -0.2) is 9.37 Å². The number of rotatable bonds is 5. The fraction of sp³-hybridized carbons (Fsp3) is 0.412. The van der Waals surface area contributed by atoms with Crippen LogP contribution in [0, 0.1) is 19.7 Å². The number of nitrogens with one attached hydrogen (secondary N) is 2. The summed E-state index contributed by atoms with van der Waals surface area (Å²) in [6.07, 6.45) is 0. The Balaban J connectivity index is 0.00000312. The second kappa shape index (κ2) is 9.91. The summed E-state index contributed by atoms with van der Waals surface area (Å²) in [7, 11) is 3.16. The van der Waals surface area contributed by atoms with Crippen molar-refractivity contribution in [1.29, 1.82) is 0 Å². The van der Waals surface area contributed by atoms with E-state index in [2.05, 4.69) is 20.6 Å². The Morgan fingerprint density at radius 1 is 1.40 bits per heavy atom. The van der Waals surface area contributed by atoms with E-state index in [1.165, 1.54) is 18.1 Å². The second-order valence-corrected chi connectivity index (χ2v) is 6.71. The van der Waals surface area contributed by atoms with E-state index in [0.29, 0.717) is 12.5 Å². The average molecular weight is 478 g/mol. The summed E-state index contributed by atoms with van der Waals surface area (Å²) < 4.78 is 18.8. The molecule has 1 aromatic heterocycles. The molecule has 2 N–H and O–H groups in total. The summed E-state index contributed by atoms with van der Waals surface area (Å²) in [6, 6.07) is 4.84. The molecule has 0 aliphatic heterocycles. The Labute approximate surface area is 169 Å². The molecule has 1 atom stereocenters. The monoisotopic (exact) mass is 478 g/mol. The lowest BCUT2D eigenvalue weighted by molar-refractivity contribution is 0.386. The molecular weight excluding hydrogens is 454 g/mol. The molecular formula is C17H24FIN4OS. The van der Waals surface area contributed by atoms with Crippen molar-refractivity contribution in [3.8, 4) is 5.75 Å². The van der Waals surface area contributed by atoms with Crippen molar-refractivity contribution < 1.29 is 9.13 Å². The van der Waals surface area contributed by atoms with E-state index in [-0.39, 0.29) is 41.6 Å². The number of halogens is 2. The van der Waals surface area contributed by atoms with Gasteiger partial charge in [-0.05, 0) is 38.5 Å². The highest BCUT2D eigenvalue weighted by Gasteiger charge is 2.12. The third-order valence-electron chi connectivity index (χ3n) is 3.67. The van der Waals surface area contributed by atoms with Crippen molar-refractivity contribution in [2.75, 3.05) is 14.2 Å². The summed E-state index contributed by atoms with van der Waals surface area (Å²) in [6.45, 7) is 6.60. The molecule has 1 heterocycles. The predicted octanol–water partition coefficient (Wildman–Crippen LogP) is 3.95. The first kappa shape index (κ1) is 21.6. The van der Waals surface area contributed by atoms with E-state index in [1.54, 1.807) is 24.5 Å². The van der Waals surface area contributed by atoms with Crippen LogP contribution in [0.4, 0.5) is 4.39 Å². The van der Waals surface area contributed by atoms with E-state index in [0.717, 1.165) is 16.3 Å². The van der Waals surface area contributed by atoms with Gasteiger partial charge >= 0.3 is 0 Å². The molecule has 0 amide bonds. The molecule has 8 heteroatoms. The third kappa shape index (κ3) is 5.81. The first-order valence-corrected chi connectivity index (χ1v) is 8.49. The van der Waals surface area contributed by atoms with Crippen molar-refractivity contribution in [2.45, 2.75) is 33.4 Å². The molecule has 0 saturated heterocycles. The van der Waals surface area contributed by atoms with Crippen LogP contribution in [0.15, 0.2) is 23.2 Å². The van der Waals surface area contributed by atoms with Crippen LogP contribution < -0.4 is 15.4 Å². The summed E-state index contributed by atoms with van der Waals surface area (Å²) in [5, 5.41) is 7.58. The Morgan fingerprint density at radius 2 is 2.12 bits per heavy atom. The zero-order chi connectivity index (χ0) is 17.7. The van der Waals surface area contributed by atoms with Gasteiger partial charge in [0.1, 0.15) is 0 Å². The van der Waals surface area contributed by atoms with Crippen LogP contribution >= 0.6 is 35.3 Å². The minimum Gasteiger partial charge on any atom is -0.494 e. The Hall–Kier alpha value is -1.42. The van der Waals surface area contributed by atoms with Gasteiger partial charge in [0.2, 0.25) is 0 Å². The number of aryl methyl sites for hydroxylation is 2. The molecule has 2 aromatic rings. The van der Waals surface area contributed by atoms with Crippen LogP contribution in [0.25, 0.3) is 0 Å². The third-order valence-corrected chi connectivity index (χ3v) is 4.74. The Bertz CT molecular complexity index is 735. The lowest BCUT2D eigenvalue weighted by Gasteiger charge is -2.18. The van der Waals surface area contributed by atoms with Gasteiger partial charge in [-0.3, -0.25) is 4.99 Å². The number of thiazole rings is 1. The normalized spacial score (nSPS) is 12.3. The van der Waals surface area contributed by atoms with Crippen molar-refractivity contribution in [1.82, 2.24) is 15.6 Å². The summed E-state index contributed by atoms with van der Waals surface area (Å²) >= 11 is 1.67. The number of aliphatic imine (C=N–C) groups is 1. The first-order chi connectivity index (χ1) is 11.4. The summed E-state index contributed by atoms with van der Waals surface area (Å²) in [5.74, 6) is 0.524. The van der Waals surface area contributed by atoms with Gasteiger partial charge in [0, 0.05) is 11.9 Å². The SMILES string of the molecule is CN=C(NCc1sc(C)nc1C)NC(C)c1ccc(OC)c(F)c1.I. The quantitative estimate of drug-likeness (QED) is 0.388. The van der Waals surface area contributed by atoms with Gasteiger partial charge < -0.3 is 15.4 Å². The lowest BCUT2D eigenvalue weighted by Crippen LogP contribution is -2.38. The standard InChI is InChI=1S/C17H23FN4OS.HI/c1-10(13-6-7-15(23-5)14(18)8-13)22-17(19-4)20-9-16-11(2)21-12(3)24-16;/h6-8,10H,9H2,1-5H3,(H2,19,20,22);1H. The molecule has 0 fully saturated rings. The number of guanidine groups is 1. The number of aromatic nitrogens is 1. The number of hydrogen-bond acceptors (Lipinski definition) is 4. The fourth-order valence-corrected chi connectivity index (χ4v) is 3.21. The molecule has 0 radical (unpaired) electrons. The Kier molecular flexibility index (Phi) is 8.57. The zero-order valence-corrected chi connectivity index (χ0v) is 18.2. The van der Waals surface area contributed by atoms with Crippen LogP contribution in [0.2, 0.25) is 0 Å². The lowest BCUT2D eigenvalue weighted by atomic mass is 10.1. The molecule has 1 aromatic carbocycles. The van der Waals surface area contributed by atoms with Crippen LogP contribution in [0.3, 0.4) is 0 Å². The Morgan fingerprint density at radius 3 is 2.64 bits per heavy atom. The minimum atomic E-state index is -0.373. The van der Waals surface area contributed by atoms with Gasteiger partial charge in [0.15, 0.2) is 17.5 Å². The fourth-order valence-electron chi connectivity index (χ4n) is 2.34. The first-order valence-electron chi connectivity index (χ1n) is 7.68. The van der Waals surface area contributed by atoms with Crippen molar-refractivity contribution in [3.05, 3.63) is 45.2 Å². The zero-order valence-electron chi connectivity index (χ0n) is 15.0.